The summed E-state index contributed by atoms with van der Waals surface area (Å²) < 4.78 is 0. The molecule has 2 N–H and O–H groups in total. The van der Waals surface area contributed by atoms with Gasteiger partial charge >= 0.3 is 0 Å². The van der Waals surface area contributed by atoms with Crippen molar-refractivity contribution in [2.45, 2.75) is 0 Å². The summed E-state index contributed by atoms with van der Waals surface area (Å²) in [6.07, 6.45) is 2.06. The van der Waals surface area contributed by atoms with Gasteiger partial charge in [-0.3, -0.25) is 4.79 Å². The first-order chi connectivity index (χ1) is 5.33. The number of pyridine rings is 1. The Morgan fingerprint density at radius 2 is 2.45 bits per heavy atom. The van der Waals surface area contributed by atoms with Gasteiger partial charge in [0, 0.05) is 11.9 Å². The van der Waals surface area contributed by atoms with Crippen LogP contribution in [0.2, 0.25) is 0 Å². The van der Waals surface area contributed by atoms with Crippen molar-refractivity contribution in [3.05, 3.63) is 24.0 Å². The predicted octanol–water partition coefficient (Wildman–Crippen LogP) is 0.214. The lowest BCUT2D eigenvalue weighted by Gasteiger charge is -1.90. The fraction of sp³-hybridized carbons (Fsp3) is 0. The zero-order valence-corrected chi connectivity index (χ0v) is 5.74. The molecule has 0 saturated heterocycles. The van der Waals surface area contributed by atoms with Crippen molar-refractivity contribution in [1.82, 2.24) is 4.98 Å². The van der Waals surface area contributed by atoms with E-state index in [1.165, 1.54) is 0 Å². The Hall–Kier alpha value is -1.82. The SMILES string of the molecule is Nc1ccnc(C#CC=O)c1. The number of aldehydes is 1. The van der Waals surface area contributed by atoms with Crippen LogP contribution in [0.3, 0.4) is 0 Å². The summed E-state index contributed by atoms with van der Waals surface area (Å²) in [6, 6.07) is 3.27. The van der Waals surface area contributed by atoms with Gasteiger partial charge in [0.05, 0.1) is 0 Å². The van der Waals surface area contributed by atoms with Crippen LogP contribution in [0.5, 0.6) is 0 Å². The van der Waals surface area contributed by atoms with E-state index in [1.54, 1.807) is 18.3 Å². The summed E-state index contributed by atoms with van der Waals surface area (Å²) in [4.78, 5) is 13.7. The van der Waals surface area contributed by atoms with Gasteiger partial charge in [-0.15, -0.1) is 0 Å². The van der Waals surface area contributed by atoms with Gasteiger partial charge in [-0.05, 0) is 24.0 Å². The highest BCUT2D eigenvalue weighted by atomic mass is 16.1. The third-order valence-corrected chi connectivity index (χ3v) is 1.04. The molecule has 0 aliphatic heterocycles. The van der Waals surface area contributed by atoms with E-state index < -0.39 is 0 Å². The number of rotatable bonds is 0. The van der Waals surface area contributed by atoms with E-state index in [0.29, 0.717) is 17.7 Å². The Bertz CT molecular complexity index is 322. The van der Waals surface area contributed by atoms with Gasteiger partial charge in [-0.1, -0.05) is 0 Å². The lowest BCUT2D eigenvalue weighted by molar-refractivity contribution is -0.103. The highest BCUT2D eigenvalue weighted by molar-refractivity contribution is 5.73. The van der Waals surface area contributed by atoms with Gasteiger partial charge in [-0.2, -0.15) is 0 Å². The molecule has 0 amide bonds. The van der Waals surface area contributed by atoms with Gasteiger partial charge in [0.15, 0.2) is 6.29 Å². The minimum atomic E-state index is 0.511. The molecule has 1 aromatic rings. The minimum absolute atomic E-state index is 0.511. The molecule has 54 valence electrons. The maximum atomic E-state index is 9.83. The Kier molecular flexibility index (Phi) is 2.24. The summed E-state index contributed by atoms with van der Waals surface area (Å²) in [6.45, 7) is 0. The molecular formula is C8H6N2O. The van der Waals surface area contributed by atoms with Gasteiger partial charge in [0.2, 0.25) is 0 Å². The van der Waals surface area contributed by atoms with Crippen molar-refractivity contribution in [2.75, 3.05) is 5.73 Å². The number of nitrogen functional groups attached to an aromatic ring is 1. The van der Waals surface area contributed by atoms with E-state index in [-0.39, 0.29) is 0 Å². The second kappa shape index (κ2) is 3.37. The molecule has 0 aromatic carbocycles. The number of anilines is 1. The van der Waals surface area contributed by atoms with Crippen LogP contribution in [-0.4, -0.2) is 11.3 Å². The maximum absolute atomic E-state index is 9.83. The largest absolute Gasteiger partial charge is 0.399 e. The molecule has 0 fully saturated rings. The molecule has 3 heteroatoms. The number of hydrogen-bond acceptors (Lipinski definition) is 3. The van der Waals surface area contributed by atoms with Gasteiger partial charge in [0.1, 0.15) is 5.69 Å². The Morgan fingerprint density at radius 1 is 1.64 bits per heavy atom. The van der Waals surface area contributed by atoms with Crippen LogP contribution in [0.15, 0.2) is 18.3 Å². The van der Waals surface area contributed by atoms with Crippen LogP contribution in [0, 0.1) is 11.8 Å². The first kappa shape index (κ1) is 7.29. The average Bonchev–Trinajstić information content (AvgIpc) is 2.01. The minimum Gasteiger partial charge on any atom is -0.399 e. The highest BCUT2D eigenvalue weighted by Crippen LogP contribution is 2.00. The number of carbonyl (C=O) groups excluding carboxylic acids is 1. The van der Waals surface area contributed by atoms with E-state index in [4.69, 9.17) is 5.73 Å². The predicted molar refractivity (Wildman–Crippen MR) is 41.6 cm³/mol. The molecule has 0 aliphatic carbocycles. The van der Waals surface area contributed by atoms with Crippen molar-refractivity contribution in [3.63, 3.8) is 0 Å². The highest BCUT2D eigenvalue weighted by Gasteiger charge is 1.87. The van der Waals surface area contributed by atoms with Gasteiger partial charge < -0.3 is 5.73 Å². The molecule has 0 radical (unpaired) electrons. The number of nitrogens with two attached hydrogens (primary N) is 1. The molecule has 3 nitrogen and oxygen atoms in total. The van der Waals surface area contributed by atoms with Crippen LogP contribution in [0.4, 0.5) is 5.69 Å². The summed E-state index contributed by atoms with van der Waals surface area (Å²) >= 11 is 0. The van der Waals surface area contributed by atoms with Crippen LogP contribution >= 0.6 is 0 Å². The van der Waals surface area contributed by atoms with E-state index >= 15 is 0 Å². The number of carbonyl (C=O) groups is 1. The van der Waals surface area contributed by atoms with Crippen LogP contribution in [0.1, 0.15) is 5.69 Å². The molecule has 11 heavy (non-hydrogen) atoms. The first-order valence-corrected chi connectivity index (χ1v) is 2.99. The van der Waals surface area contributed by atoms with Crippen LogP contribution in [0.25, 0.3) is 0 Å². The summed E-state index contributed by atoms with van der Waals surface area (Å²) in [7, 11) is 0. The average molecular weight is 146 g/mol. The van der Waals surface area contributed by atoms with E-state index in [2.05, 4.69) is 16.8 Å². The lowest BCUT2D eigenvalue weighted by atomic mass is 10.3. The quantitative estimate of drug-likeness (QED) is 0.420. The maximum Gasteiger partial charge on any atom is 0.193 e. The Balaban J connectivity index is 2.96. The van der Waals surface area contributed by atoms with Crippen molar-refractivity contribution in [3.8, 4) is 11.8 Å². The molecular weight excluding hydrogens is 140 g/mol. The number of hydrogen-bond donors (Lipinski definition) is 1. The fourth-order valence-corrected chi connectivity index (χ4v) is 0.619. The second-order valence-electron chi connectivity index (χ2n) is 1.86. The molecule has 0 atom stereocenters. The fourth-order valence-electron chi connectivity index (χ4n) is 0.619. The molecule has 0 unspecified atom stereocenters. The molecule has 0 saturated carbocycles. The van der Waals surface area contributed by atoms with Crippen LogP contribution < -0.4 is 5.73 Å². The third kappa shape index (κ3) is 2.11. The molecule has 1 aromatic heterocycles. The molecule has 0 bridgehead atoms. The van der Waals surface area contributed by atoms with E-state index in [0.717, 1.165) is 0 Å². The number of aromatic nitrogens is 1. The number of nitrogens with zero attached hydrogens (tertiary/aromatic N) is 1. The Labute approximate surface area is 64.2 Å². The van der Waals surface area contributed by atoms with E-state index in [9.17, 15) is 4.79 Å². The van der Waals surface area contributed by atoms with Crippen molar-refractivity contribution in [1.29, 1.82) is 0 Å². The summed E-state index contributed by atoms with van der Waals surface area (Å²) in [5.41, 5.74) is 6.54. The van der Waals surface area contributed by atoms with E-state index in [1.807, 2.05) is 0 Å². The zero-order valence-electron chi connectivity index (χ0n) is 5.74. The van der Waals surface area contributed by atoms with Crippen molar-refractivity contribution < 1.29 is 4.79 Å². The molecule has 1 rings (SSSR count). The monoisotopic (exact) mass is 146 g/mol. The van der Waals surface area contributed by atoms with Gasteiger partial charge in [-0.25, -0.2) is 4.98 Å². The van der Waals surface area contributed by atoms with Gasteiger partial charge in [0.25, 0.3) is 0 Å². The van der Waals surface area contributed by atoms with Crippen LogP contribution in [-0.2, 0) is 4.79 Å². The molecule has 1 heterocycles. The van der Waals surface area contributed by atoms with Crippen molar-refractivity contribution >= 4 is 12.0 Å². The van der Waals surface area contributed by atoms with Crippen molar-refractivity contribution in [2.24, 2.45) is 0 Å². The zero-order chi connectivity index (χ0) is 8.10. The Morgan fingerprint density at radius 3 is 3.09 bits per heavy atom. The second-order valence-corrected chi connectivity index (χ2v) is 1.86. The summed E-state index contributed by atoms with van der Waals surface area (Å²) in [5.74, 6) is 4.77. The molecule has 0 aliphatic rings. The third-order valence-electron chi connectivity index (χ3n) is 1.04. The lowest BCUT2D eigenvalue weighted by Crippen LogP contribution is -1.87. The standard InChI is InChI=1S/C8H6N2O/c9-7-3-4-10-8(6-7)2-1-5-11/h3-6H,(H2,9,10). The normalized spacial score (nSPS) is 8.00. The smallest absolute Gasteiger partial charge is 0.193 e. The first-order valence-electron chi connectivity index (χ1n) is 2.99. The topological polar surface area (TPSA) is 56.0 Å². The summed E-state index contributed by atoms with van der Waals surface area (Å²) in [5, 5.41) is 0. The molecule has 0 spiro atoms.